The molecule has 1 unspecified atom stereocenters. The predicted octanol–water partition coefficient (Wildman–Crippen LogP) is 1.83. The summed E-state index contributed by atoms with van der Waals surface area (Å²) in [5, 5.41) is 12.8. The highest BCUT2D eigenvalue weighted by molar-refractivity contribution is 4.61. The Labute approximate surface area is 130 Å². The molecule has 0 radical (unpaired) electrons. The summed E-state index contributed by atoms with van der Waals surface area (Å²) in [7, 11) is 0. The van der Waals surface area contributed by atoms with Gasteiger partial charge in [-0.05, 0) is 18.8 Å². The summed E-state index contributed by atoms with van der Waals surface area (Å²) >= 11 is 0. The number of hydrogen-bond donors (Lipinski definition) is 2. The van der Waals surface area contributed by atoms with Crippen molar-refractivity contribution in [2.45, 2.75) is 46.1 Å². The molecule has 0 aliphatic carbocycles. The summed E-state index contributed by atoms with van der Waals surface area (Å²) in [6.07, 6.45) is 2.85. The van der Waals surface area contributed by atoms with E-state index >= 15 is 0 Å². The van der Waals surface area contributed by atoms with Crippen molar-refractivity contribution in [1.29, 1.82) is 0 Å². The standard InChI is InChI=1S/C16H35NO4/c1-4-5-7-19-9-11-21-12-10-20-8-6-17-14-16(18)13-15(2)3/h15-18H,4-14H2,1-3H3. The predicted molar refractivity (Wildman–Crippen MR) is 85.7 cm³/mol. The van der Waals surface area contributed by atoms with Crippen molar-refractivity contribution in [3.8, 4) is 0 Å². The third kappa shape index (κ3) is 17.7. The zero-order valence-corrected chi connectivity index (χ0v) is 14.1. The molecule has 128 valence electrons. The molecule has 0 aromatic rings. The van der Waals surface area contributed by atoms with Crippen molar-refractivity contribution in [1.82, 2.24) is 5.32 Å². The second-order valence-electron chi connectivity index (χ2n) is 5.68. The summed E-state index contributed by atoms with van der Waals surface area (Å²) in [4.78, 5) is 0. The highest BCUT2D eigenvalue weighted by atomic mass is 16.5. The Morgan fingerprint density at radius 1 is 0.905 bits per heavy atom. The van der Waals surface area contributed by atoms with E-state index in [2.05, 4.69) is 26.1 Å². The van der Waals surface area contributed by atoms with Crippen LogP contribution in [-0.4, -0.2) is 63.9 Å². The van der Waals surface area contributed by atoms with Crippen LogP contribution in [0, 0.1) is 5.92 Å². The van der Waals surface area contributed by atoms with Crippen LogP contribution in [0.5, 0.6) is 0 Å². The molecule has 0 saturated heterocycles. The first-order valence-electron chi connectivity index (χ1n) is 8.28. The lowest BCUT2D eigenvalue weighted by molar-refractivity contribution is 0.0143. The van der Waals surface area contributed by atoms with E-state index in [0.717, 1.165) is 32.4 Å². The molecule has 0 bridgehead atoms. The van der Waals surface area contributed by atoms with Crippen LogP contribution in [0.2, 0.25) is 0 Å². The van der Waals surface area contributed by atoms with Crippen molar-refractivity contribution >= 4 is 0 Å². The van der Waals surface area contributed by atoms with Crippen LogP contribution in [0.1, 0.15) is 40.0 Å². The lowest BCUT2D eigenvalue weighted by atomic mass is 10.1. The Bertz CT molecular complexity index is 203. The van der Waals surface area contributed by atoms with Gasteiger partial charge in [0.1, 0.15) is 0 Å². The topological polar surface area (TPSA) is 60.0 Å². The Balaban J connectivity index is 3.05. The number of unbranched alkanes of at least 4 members (excludes halogenated alkanes) is 1. The Kier molecular flexibility index (Phi) is 16.0. The lowest BCUT2D eigenvalue weighted by Crippen LogP contribution is -2.30. The average molecular weight is 305 g/mol. The molecule has 0 aromatic heterocycles. The largest absolute Gasteiger partial charge is 0.392 e. The van der Waals surface area contributed by atoms with Gasteiger partial charge in [0.2, 0.25) is 0 Å². The van der Waals surface area contributed by atoms with Crippen molar-refractivity contribution in [3.63, 3.8) is 0 Å². The molecule has 0 rings (SSSR count). The minimum absolute atomic E-state index is 0.263. The van der Waals surface area contributed by atoms with Gasteiger partial charge in [0, 0.05) is 19.7 Å². The number of hydrogen-bond acceptors (Lipinski definition) is 5. The fraction of sp³-hybridized carbons (Fsp3) is 1.00. The molecule has 5 nitrogen and oxygen atoms in total. The number of aliphatic hydroxyl groups is 1. The summed E-state index contributed by atoms with van der Waals surface area (Å²) in [6.45, 7) is 11.7. The third-order valence-electron chi connectivity index (χ3n) is 2.93. The summed E-state index contributed by atoms with van der Waals surface area (Å²) in [5.41, 5.74) is 0. The van der Waals surface area contributed by atoms with Gasteiger partial charge < -0.3 is 24.6 Å². The van der Waals surface area contributed by atoms with Crippen molar-refractivity contribution in [2.24, 2.45) is 5.92 Å². The Hall–Kier alpha value is -0.200. The van der Waals surface area contributed by atoms with Crippen LogP contribution in [-0.2, 0) is 14.2 Å². The van der Waals surface area contributed by atoms with Crippen LogP contribution in [0.25, 0.3) is 0 Å². The monoisotopic (exact) mass is 305 g/mol. The van der Waals surface area contributed by atoms with Gasteiger partial charge >= 0.3 is 0 Å². The molecule has 0 saturated carbocycles. The van der Waals surface area contributed by atoms with Gasteiger partial charge in [-0.1, -0.05) is 27.2 Å². The number of nitrogens with one attached hydrogen (secondary N) is 1. The van der Waals surface area contributed by atoms with E-state index in [0.29, 0.717) is 45.5 Å². The number of aliphatic hydroxyl groups excluding tert-OH is 1. The zero-order chi connectivity index (χ0) is 15.8. The summed E-state index contributed by atoms with van der Waals surface area (Å²) < 4.78 is 16.2. The van der Waals surface area contributed by atoms with Crippen LogP contribution < -0.4 is 5.32 Å². The van der Waals surface area contributed by atoms with Crippen LogP contribution in [0.15, 0.2) is 0 Å². The minimum Gasteiger partial charge on any atom is -0.392 e. The first-order chi connectivity index (χ1) is 10.2. The second kappa shape index (κ2) is 16.2. The molecule has 1 atom stereocenters. The molecule has 21 heavy (non-hydrogen) atoms. The fourth-order valence-corrected chi connectivity index (χ4v) is 1.83. The Morgan fingerprint density at radius 3 is 2.05 bits per heavy atom. The van der Waals surface area contributed by atoms with Crippen molar-refractivity contribution in [2.75, 3.05) is 52.7 Å². The van der Waals surface area contributed by atoms with E-state index in [1.807, 2.05) is 0 Å². The molecule has 0 aliphatic heterocycles. The average Bonchev–Trinajstić information content (AvgIpc) is 2.43. The molecule has 0 fully saturated rings. The van der Waals surface area contributed by atoms with Gasteiger partial charge in [-0.3, -0.25) is 0 Å². The van der Waals surface area contributed by atoms with Crippen LogP contribution >= 0.6 is 0 Å². The Morgan fingerprint density at radius 2 is 1.48 bits per heavy atom. The van der Waals surface area contributed by atoms with Gasteiger partial charge in [-0.2, -0.15) is 0 Å². The third-order valence-corrected chi connectivity index (χ3v) is 2.93. The smallest absolute Gasteiger partial charge is 0.0701 e. The van der Waals surface area contributed by atoms with Crippen molar-refractivity contribution in [3.05, 3.63) is 0 Å². The molecular formula is C16H35NO4. The lowest BCUT2D eigenvalue weighted by Gasteiger charge is -2.13. The van der Waals surface area contributed by atoms with E-state index in [-0.39, 0.29) is 6.10 Å². The first kappa shape index (κ1) is 20.8. The SMILES string of the molecule is CCCCOCCOCCOCCNCC(O)CC(C)C. The summed E-state index contributed by atoms with van der Waals surface area (Å²) in [6, 6.07) is 0. The van der Waals surface area contributed by atoms with Crippen LogP contribution in [0.4, 0.5) is 0 Å². The van der Waals surface area contributed by atoms with Gasteiger partial charge in [0.25, 0.3) is 0 Å². The number of rotatable bonds is 16. The van der Waals surface area contributed by atoms with E-state index in [9.17, 15) is 5.11 Å². The van der Waals surface area contributed by atoms with Gasteiger partial charge in [0.15, 0.2) is 0 Å². The molecule has 0 amide bonds. The molecule has 5 heteroatoms. The van der Waals surface area contributed by atoms with Crippen LogP contribution in [0.3, 0.4) is 0 Å². The summed E-state index contributed by atoms with van der Waals surface area (Å²) in [5.74, 6) is 0.529. The first-order valence-corrected chi connectivity index (χ1v) is 8.28. The van der Waals surface area contributed by atoms with Gasteiger partial charge in [0.05, 0.1) is 39.1 Å². The van der Waals surface area contributed by atoms with E-state index < -0.39 is 0 Å². The van der Waals surface area contributed by atoms with E-state index in [1.165, 1.54) is 0 Å². The maximum atomic E-state index is 9.66. The molecule has 0 spiro atoms. The fourth-order valence-electron chi connectivity index (χ4n) is 1.83. The quantitative estimate of drug-likeness (QED) is 0.426. The highest BCUT2D eigenvalue weighted by Crippen LogP contribution is 2.02. The minimum atomic E-state index is -0.263. The van der Waals surface area contributed by atoms with Gasteiger partial charge in [-0.15, -0.1) is 0 Å². The number of ether oxygens (including phenoxy) is 3. The van der Waals surface area contributed by atoms with E-state index in [4.69, 9.17) is 14.2 Å². The molecular weight excluding hydrogens is 270 g/mol. The molecule has 0 aromatic carbocycles. The molecule has 2 N–H and O–H groups in total. The zero-order valence-electron chi connectivity index (χ0n) is 14.1. The second-order valence-corrected chi connectivity index (χ2v) is 5.68. The molecule has 0 heterocycles. The maximum absolute atomic E-state index is 9.66. The highest BCUT2D eigenvalue weighted by Gasteiger charge is 2.05. The molecule has 0 aliphatic rings. The normalized spacial score (nSPS) is 13.0. The van der Waals surface area contributed by atoms with Crippen molar-refractivity contribution < 1.29 is 19.3 Å². The maximum Gasteiger partial charge on any atom is 0.0701 e. The van der Waals surface area contributed by atoms with Gasteiger partial charge in [-0.25, -0.2) is 0 Å². The van der Waals surface area contributed by atoms with E-state index in [1.54, 1.807) is 0 Å².